The van der Waals surface area contributed by atoms with Crippen molar-refractivity contribution < 1.29 is 4.79 Å². The molecule has 3 nitrogen and oxygen atoms in total. The third-order valence-corrected chi connectivity index (χ3v) is 3.36. The van der Waals surface area contributed by atoms with E-state index in [1.54, 1.807) is 0 Å². The highest BCUT2D eigenvalue weighted by Crippen LogP contribution is 2.16. The first-order valence-electron chi connectivity index (χ1n) is 8.00. The molecule has 0 aromatic heterocycles. The molecule has 0 aliphatic rings. The van der Waals surface area contributed by atoms with Gasteiger partial charge in [0, 0.05) is 19.5 Å². The van der Waals surface area contributed by atoms with Crippen LogP contribution in [0.15, 0.2) is 0 Å². The predicted molar refractivity (Wildman–Crippen MR) is 87.8 cm³/mol. The molecule has 0 saturated heterocycles. The van der Waals surface area contributed by atoms with E-state index in [0.29, 0.717) is 25.3 Å². The number of rotatable bonds is 13. The number of hydrogen-bond donors (Lipinski definition) is 2. The molecular weight excluding hydrogens is 247 g/mol. The van der Waals surface area contributed by atoms with Gasteiger partial charge in [0.25, 0.3) is 0 Å². The van der Waals surface area contributed by atoms with Crippen LogP contribution in [0.25, 0.3) is 0 Å². The minimum Gasteiger partial charge on any atom is -0.355 e. The lowest BCUT2D eigenvalue weighted by atomic mass is 9.59. The first-order chi connectivity index (χ1) is 9.74. The smallest absolute Gasteiger partial charge is 0.220 e. The van der Waals surface area contributed by atoms with E-state index in [9.17, 15) is 4.79 Å². The van der Waals surface area contributed by atoms with Crippen LogP contribution in [0.3, 0.4) is 0 Å². The van der Waals surface area contributed by atoms with Crippen molar-refractivity contribution in [2.45, 2.75) is 70.4 Å². The molecule has 0 aromatic rings. The Kier molecular flexibility index (Phi) is 13.8. The second-order valence-corrected chi connectivity index (χ2v) is 5.24. The number of carbonyl (C=O) groups is 1. The average molecular weight is 277 g/mol. The Morgan fingerprint density at radius 1 is 1.30 bits per heavy atom. The first-order valence-corrected chi connectivity index (χ1v) is 8.00. The lowest BCUT2D eigenvalue weighted by Crippen LogP contribution is -2.28. The van der Waals surface area contributed by atoms with Crippen molar-refractivity contribution >= 4 is 13.2 Å². The minimum atomic E-state index is 0.100. The Morgan fingerprint density at radius 2 is 2.10 bits per heavy atom. The van der Waals surface area contributed by atoms with E-state index in [-0.39, 0.29) is 5.91 Å². The van der Waals surface area contributed by atoms with Gasteiger partial charge in [-0.05, 0) is 18.7 Å². The highest BCUT2D eigenvalue weighted by molar-refractivity contribution is 6.38. The number of hydrogen-bond acceptors (Lipinski definition) is 2. The van der Waals surface area contributed by atoms with Crippen molar-refractivity contribution in [1.82, 2.24) is 5.32 Å². The van der Waals surface area contributed by atoms with Crippen LogP contribution in [0, 0.1) is 12.3 Å². The maximum Gasteiger partial charge on any atom is 0.220 e. The van der Waals surface area contributed by atoms with Gasteiger partial charge in [-0.1, -0.05) is 45.3 Å². The molecule has 0 fully saturated rings. The third kappa shape index (κ3) is 12.1. The molecule has 0 spiro atoms. The molecule has 0 bridgehead atoms. The summed E-state index contributed by atoms with van der Waals surface area (Å²) in [6, 6.07) is 0. The molecular formula is C16H30BN2O. The Morgan fingerprint density at radius 3 is 2.75 bits per heavy atom. The van der Waals surface area contributed by atoms with Gasteiger partial charge in [-0.15, -0.1) is 12.3 Å². The van der Waals surface area contributed by atoms with Crippen molar-refractivity contribution in [2.75, 3.05) is 13.1 Å². The number of terminal acetylenes is 1. The van der Waals surface area contributed by atoms with Crippen LogP contribution >= 0.6 is 0 Å². The van der Waals surface area contributed by atoms with E-state index in [1.807, 2.05) is 0 Å². The van der Waals surface area contributed by atoms with Gasteiger partial charge in [0.2, 0.25) is 5.91 Å². The second-order valence-electron chi connectivity index (χ2n) is 5.24. The molecule has 0 saturated carbocycles. The predicted octanol–water partition coefficient (Wildman–Crippen LogP) is 2.75. The Balaban J connectivity index is 3.46. The van der Waals surface area contributed by atoms with Crippen molar-refractivity contribution in [1.29, 1.82) is 0 Å². The van der Waals surface area contributed by atoms with Crippen LogP contribution in [0.5, 0.6) is 0 Å². The van der Waals surface area contributed by atoms with Gasteiger partial charge in [-0.3, -0.25) is 4.79 Å². The standard InChI is InChI=1S/C16H30BN2O/c1-3-5-6-7-10-15(4-2)17-12-9-8-11-16(20)19-14-13-18/h2,15H,3,5-14,18H2,1H3,(H,19,20). The SMILES string of the molecule is C#CC([B]CCCCC(=O)NCCN)CCCCCC. The average Bonchev–Trinajstić information content (AvgIpc) is 2.46. The Bertz CT molecular complexity index is 276. The monoisotopic (exact) mass is 277 g/mol. The molecule has 3 N–H and O–H groups in total. The summed E-state index contributed by atoms with van der Waals surface area (Å²) in [5.41, 5.74) is 5.32. The summed E-state index contributed by atoms with van der Waals surface area (Å²) >= 11 is 0. The molecule has 113 valence electrons. The maximum absolute atomic E-state index is 11.3. The fourth-order valence-electron chi connectivity index (χ4n) is 2.11. The summed E-state index contributed by atoms with van der Waals surface area (Å²) in [4.78, 5) is 11.3. The highest BCUT2D eigenvalue weighted by atomic mass is 16.1. The molecule has 1 unspecified atom stereocenters. The van der Waals surface area contributed by atoms with Gasteiger partial charge in [-0.25, -0.2) is 0 Å². The quantitative estimate of drug-likeness (QED) is 0.309. The van der Waals surface area contributed by atoms with E-state index in [2.05, 4.69) is 25.4 Å². The van der Waals surface area contributed by atoms with Gasteiger partial charge in [0.05, 0.1) is 0 Å². The minimum absolute atomic E-state index is 0.100. The molecule has 0 aliphatic carbocycles. The van der Waals surface area contributed by atoms with Gasteiger partial charge < -0.3 is 11.1 Å². The van der Waals surface area contributed by atoms with Crippen molar-refractivity contribution in [3.8, 4) is 12.3 Å². The fourth-order valence-corrected chi connectivity index (χ4v) is 2.11. The van der Waals surface area contributed by atoms with Crippen molar-refractivity contribution in [3.63, 3.8) is 0 Å². The number of amides is 1. The lowest BCUT2D eigenvalue weighted by Gasteiger charge is -2.09. The van der Waals surface area contributed by atoms with Crippen molar-refractivity contribution in [3.05, 3.63) is 0 Å². The summed E-state index contributed by atoms with van der Waals surface area (Å²) in [5, 5.41) is 2.78. The topological polar surface area (TPSA) is 55.1 Å². The Labute approximate surface area is 125 Å². The summed E-state index contributed by atoms with van der Waals surface area (Å²) in [5.74, 6) is 3.26. The Hall–Kier alpha value is -0.945. The van der Waals surface area contributed by atoms with Gasteiger partial charge >= 0.3 is 0 Å². The second kappa shape index (κ2) is 14.5. The van der Waals surface area contributed by atoms with E-state index >= 15 is 0 Å². The summed E-state index contributed by atoms with van der Waals surface area (Å²) < 4.78 is 0. The van der Waals surface area contributed by atoms with Crippen molar-refractivity contribution in [2.24, 2.45) is 5.73 Å². The molecule has 1 radical (unpaired) electrons. The summed E-state index contributed by atoms with van der Waals surface area (Å²) in [6.07, 6.45) is 15.3. The zero-order valence-electron chi connectivity index (χ0n) is 13.0. The summed E-state index contributed by atoms with van der Waals surface area (Å²) in [7, 11) is 2.24. The molecule has 0 aliphatic heterocycles. The third-order valence-electron chi connectivity index (χ3n) is 3.36. The van der Waals surface area contributed by atoms with E-state index in [1.165, 1.54) is 25.7 Å². The summed E-state index contributed by atoms with van der Waals surface area (Å²) in [6.45, 7) is 3.29. The fraction of sp³-hybridized carbons (Fsp3) is 0.812. The first kappa shape index (κ1) is 19.1. The number of nitrogens with one attached hydrogen (secondary N) is 1. The number of nitrogens with two attached hydrogens (primary N) is 1. The van der Waals surface area contributed by atoms with Gasteiger partial charge in [0.15, 0.2) is 0 Å². The van der Waals surface area contributed by atoms with Crippen LogP contribution in [0.1, 0.15) is 58.3 Å². The zero-order valence-corrected chi connectivity index (χ0v) is 13.0. The molecule has 0 aromatic carbocycles. The molecule has 20 heavy (non-hydrogen) atoms. The zero-order chi connectivity index (χ0) is 15.1. The van der Waals surface area contributed by atoms with E-state index in [4.69, 9.17) is 12.2 Å². The largest absolute Gasteiger partial charge is 0.355 e. The van der Waals surface area contributed by atoms with Crippen LogP contribution in [0.4, 0.5) is 0 Å². The van der Waals surface area contributed by atoms with Crippen LogP contribution in [-0.4, -0.2) is 26.3 Å². The molecule has 1 atom stereocenters. The lowest BCUT2D eigenvalue weighted by molar-refractivity contribution is -0.121. The van der Waals surface area contributed by atoms with E-state index in [0.717, 1.165) is 25.6 Å². The maximum atomic E-state index is 11.3. The highest BCUT2D eigenvalue weighted by Gasteiger charge is 2.07. The van der Waals surface area contributed by atoms with Gasteiger partial charge in [-0.2, -0.15) is 0 Å². The van der Waals surface area contributed by atoms with Gasteiger partial charge in [0.1, 0.15) is 7.28 Å². The van der Waals surface area contributed by atoms with Crippen LogP contribution in [0.2, 0.25) is 12.1 Å². The molecule has 4 heteroatoms. The normalized spacial score (nSPS) is 11.7. The molecule has 0 rings (SSSR count). The van der Waals surface area contributed by atoms with Crippen LogP contribution in [-0.2, 0) is 4.79 Å². The number of unbranched alkanes of at least 4 members (excludes halogenated alkanes) is 4. The van der Waals surface area contributed by atoms with Crippen LogP contribution < -0.4 is 11.1 Å². The number of carbonyl (C=O) groups excluding carboxylic acids is 1. The molecule has 1 amide bonds. The molecule has 0 heterocycles. The van der Waals surface area contributed by atoms with E-state index < -0.39 is 0 Å².